The lowest BCUT2D eigenvalue weighted by atomic mass is 10.4. The van der Waals surface area contributed by atoms with Gasteiger partial charge in [-0.25, -0.2) is 0 Å². The molecule has 0 radical (unpaired) electrons. The fourth-order valence-corrected chi connectivity index (χ4v) is 0.565. The Labute approximate surface area is 77.9 Å². The molecule has 0 saturated carbocycles. The molecule has 0 rings (SSSR count). The van der Waals surface area contributed by atoms with Crippen LogP contribution in [-0.4, -0.2) is 37.9 Å². The van der Waals surface area contributed by atoms with Crippen LogP contribution in [0.1, 0.15) is 0 Å². The molecule has 0 aliphatic rings. The van der Waals surface area contributed by atoms with E-state index in [0.29, 0.717) is 6.61 Å². The molecule has 0 spiro atoms. The zero-order chi connectivity index (χ0) is 9.94. The molecule has 0 bridgehead atoms. The normalized spacial score (nSPS) is 11.2. The second kappa shape index (κ2) is 8.96. The first-order valence-electron chi connectivity index (χ1n) is 4.02. The van der Waals surface area contributed by atoms with Crippen LogP contribution < -0.4 is 5.32 Å². The topological polar surface area (TPSA) is 58.6 Å². The van der Waals surface area contributed by atoms with Crippen LogP contribution in [0.4, 0.5) is 0 Å². The third-order valence-electron chi connectivity index (χ3n) is 1.21. The van der Waals surface area contributed by atoms with Crippen molar-refractivity contribution in [2.24, 2.45) is 0 Å². The van der Waals surface area contributed by atoms with Crippen LogP contribution in [-0.2, 0) is 9.53 Å². The first-order chi connectivity index (χ1) is 6.31. The van der Waals surface area contributed by atoms with Crippen molar-refractivity contribution < 1.29 is 14.6 Å². The molecule has 0 aromatic heterocycles. The van der Waals surface area contributed by atoms with Crippen LogP contribution in [0.5, 0.6) is 0 Å². The number of allylic oxidation sites excluding steroid dienone is 2. The van der Waals surface area contributed by atoms with Crippen molar-refractivity contribution in [3.8, 4) is 0 Å². The van der Waals surface area contributed by atoms with E-state index in [4.69, 9.17) is 9.84 Å². The highest BCUT2D eigenvalue weighted by Gasteiger charge is 1.93. The van der Waals surface area contributed by atoms with E-state index in [2.05, 4.69) is 5.32 Å². The molecule has 0 unspecified atom stereocenters. The molecule has 0 fully saturated rings. The van der Waals surface area contributed by atoms with Crippen LogP contribution in [0.15, 0.2) is 24.3 Å². The van der Waals surface area contributed by atoms with E-state index in [1.807, 2.05) is 0 Å². The Morgan fingerprint density at radius 1 is 1.46 bits per heavy atom. The average molecular weight is 185 g/mol. The zero-order valence-electron chi connectivity index (χ0n) is 7.69. The van der Waals surface area contributed by atoms with Crippen LogP contribution >= 0.6 is 0 Å². The Bertz CT molecular complexity index is 187. The Kier molecular flexibility index (Phi) is 8.18. The van der Waals surface area contributed by atoms with Gasteiger partial charge in [0.2, 0.25) is 5.91 Å². The van der Waals surface area contributed by atoms with Gasteiger partial charge < -0.3 is 15.2 Å². The minimum atomic E-state index is -0.140. The van der Waals surface area contributed by atoms with E-state index in [0.717, 1.165) is 0 Å². The van der Waals surface area contributed by atoms with Crippen molar-refractivity contribution >= 4 is 5.91 Å². The second-order valence-electron chi connectivity index (χ2n) is 2.23. The van der Waals surface area contributed by atoms with Crippen LogP contribution in [0.2, 0.25) is 0 Å². The number of amides is 1. The summed E-state index contributed by atoms with van der Waals surface area (Å²) in [7, 11) is 1.56. The first-order valence-corrected chi connectivity index (χ1v) is 4.02. The number of hydrogen-bond donors (Lipinski definition) is 2. The van der Waals surface area contributed by atoms with Crippen LogP contribution in [0.25, 0.3) is 0 Å². The number of carbonyl (C=O) groups excluding carboxylic acids is 1. The first kappa shape index (κ1) is 11.9. The highest BCUT2D eigenvalue weighted by atomic mass is 16.5. The SMILES string of the molecule is CNC(=O)COC/C=C/C=C/CO. The molecule has 0 aromatic rings. The van der Waals surface area contributed by atoms with Crippen LogP contribution in [0, 0.1) is 0 Å². The van der Waals surface area contributed by atoms with Crippen molar-refractivity contribution in [1.82, 2.24) is 5.32 Å². The lowest BCUT2D eigenvalue weighted by Crippen LogP contribution is -2.23. The van der Waals surface area contributed by atoms with E-state index in [-0.39, 0.29) is 19.1 Å². The number of nitrogens with one attached hydrogen (secondary N) is 1. The summed E-state index contributed by atoms with van der Waals surface area (Å²) in [5.41, 5.74) is 0. The second-order valence-corrected chi connectivity index (χ2v) is 2.23. The molecular weight excluding hydrogens is 170 g/mol. The highest BCUT2D eigenvalue weighted by molar-refractivity contribution is 5.76. The molecule has 0 saturated heterocycles. The molecule has 0 aliphatic heterocycles. The minimum absolute atomic E-state index is 0.0312. The van der Waals surface area contributed by atoms with Gasteiger partial charge >= 0.3 is 0 Å². The van der Waals surface area contributed by atoms with Gasteiger partial charge in [-0.15, -0.1) is 0 Å². The molecule has 0 atom stereocenters. The molecular formula is C9H15NO3. The van der Waals surface area contributed by atoms with Crippen molar-refractivity contribution in [2.45, 2.75) is 0 Å². The number of aliphatic hydroxyl groups is 1. The molecule has 0 aromatic carbocycles. The van der Waals surface area contributed by atoms with E-state index >= 15 is 0 Å². The van der Waals surface area contributed by atoms with E-state index in [9.17, 15) is 4.79 Å². The van der Waals surface area contributed by atoms with Gasteiger partial charge in [-0.1, -0.05) is 24.3 Å². The third kappa shape index (κ3) is 8.78. The summed E-state index contributed by atoms with van der Waals surface area (Å²) < 4.78 is 4.97. The Morgan fingerprint density at radius 2 is 2.15 bits per heavy atom. The summed E-state index contributed by atoms with van der Waals surface area (Å²) in [5, 5.41) is 10.8. The molecule has 4 nitrogen and oxygen atoms in total. The summed E-state index contributed by atoms with van der Waals surface area (Å²) in [4.78, 5) is 10.6. The summed E-state index contributed by atoms with van der Waals surface area (Å²) in [6.45, 7) is 0.497. The van der Waals surface area contributed by atoms with Crippen molar-refractivity contribution in [3.63, 3.8) is 0 Å². The molecule has 2 N–H and O–H groups in total. The standard InChI is InChI=1S/C9H15NO3/c1-10-9(12)8-13-7-5-3-2-4-6-11/h2-5,11H,6-8H2,1H3,(H,10,12)/b4-2+,5-3+. The molecule has 0 heterocycles. The summed E-state index contributed by atoms with van der Waals surface area (Å²) in [6, 6.07) is 0. The number of carbonyl (C=O) groups is 1. The van der Waals surface area contributed by atoms with Crippen LogP contribution in [0.3, 0.4) is 0 Å². The van der Waals surface area contributed by atoms with Gasteiger partial charge in [0.05, 0.1) is 13.2 Å². The summed E-state index contributed by atoms with van der Waals surface area (Å²) in [5.74, 6) is -0.140. The van der Waals surface area contributed by atoms with Gasteiger partial charge in [-0.05, 0) is 0 Å². The number of likely N-dealkylation sites (N-methyl/N-ethyl adjacent to an activating group) is 1. The number of aliphatic hydroxyl groups excluding tert-OH is 1. The average Bonchev–Trinajstić information content (AvgIpc) is 2.16. The van der Waals surface area contributed by atoms with Crippen molar-refractivity contribution in [3.05, 3.63) is 24.3 Å². The van der Waals surface area contributed by atoms with Gasteiger partial charge in [-0.2, -0.15) is 0 Å². The Hall–Kier alpha value is -1.13. The largest absolute Gasteiger partial charge is 0.392 e. The maximum Gasteiger partial charge on any atom is 0.245 e. The number of hydrogen-bond acceptors (Lipinski definition) is 3. The maximum absolute atomic E-state index is 10.6. The predicted octanol–water partition coefficient (Wildman–Crippen LogP) is -0.146. The lowest BCUT2D eigenvalue weighted by molar-refractivity contribution is -0.124. The number of ether oxygens (including phenoxy) is 1. The Balaban J connectivity index is 3.29. The van der Waals surface area contributed by atoms with Gasteiger partial charge in [-0.3, -0.25) is 4.79 Å². The minimum Gasteiger partial charge on any atom is -0.392 e. The maximum atomic E-state index is 10.6. The fourth-order valence-electron chi connectivity index (χ4n) is 0.565. The molecule has 74 valence electrons. The Morgan fingerprint density at radius 3 is 2.77 bits per heavy atom. The van der Waals surface area contributed by atoms with Gasteiger partial charge in [0.15, 0.2) is 0 Å². The molecule has 1 amide bonds. The molecule has 0 aliphatic carbocycles. The number of rotatable bonds is 6. The predicted molar refractivity (Wildman–Crippen MR) is 50.3 cm³/mol. The van der Waals surface area contributed by atoms with E-state index in [1.165, 1.54) is 0 Å². The highest BCUT2D eigenvalue weighted by Crippen LogP contribution is 1.80. The fraction of sp³-hybridized carbons (Fsp3) is 0.444. The van der Waals surface area contributed by atoms with Crippen molar-refractivity contribution in [2.75, 3.05) is 26.9 Å². The smallest absolute Gasteiger partial charge is 0.245 e. The quantitative estimate of drug-likeness (QED) is 0.447. The molecule has 4 heteroatoms. The molecule has 13 heavy (non-hydrogen) atoms. The van der Waals surface area contributed by atoms with E-state index in [1.54, 1.807) is 31.4 Å². The van der Waals surface area contributed by atoms with Crippen molar-refractivity contribution in [1.29, 1.82) is 0 Å². The third-order valence-corrected chi connectivity index (χ3v) is 1.21. The zero-order valence-corrected chi connectivity index (χ0v) is 7.69. The van der Waals surface area contributed by atoms with Gasteiger partial charge in [0.1, 0.15) is 6.61 Å². The summed E-state index contributed by atoms with van der Waals surface area (Å²) in [6.07, 6.45) is 6.83. The monoisotopic (exact) mass is 185 g/mol. The summed E-state index contributed by atoms with van der Waals surface area (Å²) >= 11 is 0. The van der Waals surface area contributed by atoms with Gasteiger partial charge in [0, 0.05) is 7.05 Å². The van der Waals surface area contributed by atoms with E-state index < -0.39 is 0 Å². The van der Waals surface area contributed by atoms with Gasteiger partial charge in [0.25, 0.3) is 0 Å². The lowest BCUT2D eigenvalue weighted by Gasteiger charge is -1.97.